The standard InChI is InChI=1S/C16H26N2O2S/c1-4-17-10-9-14-5-7-16(8-6-14)21(19,20)18(3)12-15-11-13(15)2/h5-8,13,15,17H,4,9-12H2,1-3H3. The number of nitrogens with one attached hydrogen (secondary N) is 1. The number of nitrogens with zero attached hydrogens (tertiary/aromatic N) is 1. The topological polar surface area (TPSA) is 49.4 Å². The molecule has 1 aliphatic rings. The maximum atomic E-state index is 12.5. The van der Waals surface area contributed by atoms with Crippen molar-refractivity contribution in [1.29, 1.82) is 0 Å². The van der Waals surface area contributed by atoms with E-state index >= 15 is 0 Å². The van der Waals surface area contributed by atoms with Gasteiger partial charge in [-0.2, -0.15) is 0 Å². The van der Waals surface area contributed by atoms with Crippen molar-refractivity contribution in [3.05, 3.63) is 29.8 Å². The highest BCUT2D eigenvalue weighted by atomic mass is 32.2. The van der Waals surface area contributed by atoms with E-state index in [1.54, 1.807) is 19.2 Å². The summed E-state index contributed by atoms with van der Waals surface area (Å²) in [4.78, 5) is 0.394. The van der Waals surface area contributed by atoms with Crippen molar-refractivity contribution >= 4 is 10.0 Å². The highest BCUT2D eigenvalue weighted by Crippen LogP contribution is 2.38. The number of likely N-dealkylation sites (N-methyl/N-ethyl adjacent to an activating group) is 1. The molecule has 21 heavy (non-hydrogen) atoms. The fourth-order valence-corrected chi connectivity index (χ4v) is 3.73. The van der Waals surface area contributed by atoms with E-state index in [2.05, 4.69) is 19.2 Å². The summed E-state index contributed by atoms with van der Waals surface area (Å²) in [6.45, 7) is 6.75. The normalized spacial score (nSPS) is 21.7. The zero-order valence-corrected chi connectivity index (χ0v) is 14.0. The van der Waals surface area contributed by atoms with Crippen LogP contribution in [-0.4, -0.2) is 39.4 Å². The lowest BCUT2D eigenvalue weighted by Gasteiger charge is -2.17. The van der Waals surface area contributed by atoms with Gasteiger partial charge in [-0.05, 0) is 55.5 Å². The molecule has 118 valence electrons. The maximum absolute atomic E-state index is 12.5. The summed E-state index contributed by atoms with van der Waals surface area (Å²) in [6, 6.07) is 7.28. The minimum atomic E-state index is -3.34. The second-order valence-electron chi connectivity index (χ2n) is 6.01. The molecule has 0 bridgehead atoms. The van der Waals surface area contributed by atoms with Crippen molar-refractivity contribution in [3.63, 3.8) is 0 Å². The minimum Gasteiger partial charge on any atom is -0.317 e. The summed E-state index contributed by atoms with van der Waals surface area (Å²) in [5.74, 6) is 1.19. The molecule has 0 aliphatic heterocycles. The lowest BCUT2D eigenvalue weighted by atomic mass is 10.1. The van der Waals surface area contributed by atoms with E-state index in [4.69, 9.17) is 0 Å². The second kappa shape index (κ2) is 6.90. The molecule has 2 unspecified atom stereocenters. The molecular weight excluding hydrogens is 284 g/mol. The van der Waals surface area contributed by atoms with Gasteiger partial charge in [-0.25, -0.2) is 12.7 Å². The highest BCUT2D eigenvalue weighted by Gasteiger charge is 2.36. The Bertz CT molecular complexity index is 554. The maximum Gasteiger partial charge on any atom is 0.242 e. The molecule has 4 nitrogen and oxygen atoms in total. The highest BCUT2D eigenvalue weighted by molar-refractivity contribution is 7.89. The predicted octanol–water partition coefficient (Wildman–Crippen LogP) is 2.12. The third-order valence-corrected chi connectivity index (χ3v) is 6.08. The van der Waals surface area contributed by atoms with Crippen LogP contribution in [0.1, 0.15) is 25.8 Å². The Labute approximate surface area is 128 Å². The third-order valence-electron chi connectivity index (χ3n) is 4.24. The van der Waals surface area contributed by atoms with Gasteiger partial charge in [0.2, 0.25) is 10.0 Å². The number of benzene rings is 1. The Morgan fingerprint density at radius 1 is 1.29 bits per heavy atom. The van der Waals surface area contributed by atoms with Crippen LogP contribution in [0.25, 0.3) is 0 Å². The summed E-state index contributed by atoms with van der Waals surface area (Å²) < 4.78 is 26.5. The number of hydrogen-bond donors (Lipinski definition) is 1. The zero-order chi connectivity index (χ0) is 15.5. The smallest absolute Gasteiger partial charge is 0.242 e. The van der Waals surface area contributed by atoms with Crippen LogP contribution in [0.5, 0.6) is 0 Å². The van der Waals surface area contributed by atoms with E-state index in [0.29, 0.717) is 23.3 Å². The van der Waals surface area contributed by atoms with Gasteiger partial charge in [0.05, 0.1) is 4.90 Å². The first-order chi connectivity index (χ1) is 9.95. The first kappa shape index (κ1) is 16.5. The summed E-state index contributed by atoms with van der Waals surface area (Å²) in [5.41, 5.74) is 1.16. The monoisotopic (exact) mass is 310 g/mol. The van der Waals surface area contributed by atoms with E-state index in [0.717, 1.165) is 31.5 Å². The Hall–Kier alpha value is -0.910. The van der Waals surface area contributed by atoms with Crippen LogP contribution in [0, 0.1) is 11.8 Å². The molecule has 5 heteroatoms. The third kappa shape index (κ3) is 4.28. The van der Waals surface area contributed by atoms with E-state index in [1.807, 2.05) is 12.1 Å². The molecule has 0 spiro atoms. The summed E-state index contributed by atoms with van der Waals surface area (Å²) in [5, 5.41) is 3.27. The van der Waals surface area contributed by atoms with Gasteiger partial charge in [-0.3, -0.25) is 0 Å². The molecule has 0 amide bonds. The van der Waals surface area contributed by atoms with Crippen molar-refractivity contribution in [1.82, 2.24) is 9.62 Å². The van der Waals surface area contributed by atoms with Gasteiger partial charge in [-0.15, -0.1) is 0 Å². The fourth-order valence-electron chi connectivity index (χ4n) is 2.50. The van der Waals surface area contributed by atoms with Crippen molar-refractivity contribution in [2.45, 2.75) is 31.6 Å². The Kier molecular flexibility index (Phi) is 5.41. The Morgan fingerprint density at radius 3 is 2.43 bits per heavy atom. The molecule has 2 atom stereocenters. The molecule has 0 radical (unpaired) electrons. The SMILES string of the molecule is CCNCCc1ccc(S(=O)(=O)N(C)CC2CC2C)cc1. The number of hydrogen-bond acceptors (Lipinski definition) is 3. The van der Waals surface area contributed by atoms with Crippen LogP contribution >= 0.6 is 0 Å². The van der Waals surface area contributed by atoms with Gasteiger partial charge >= 0.3 is 0 Å². The van der Waals surface area contributed by atoms with Gasteiger partial charge in [0.1, 0.15) is 0 Å². The van der Waals surface area contributed by atoms with Crippen molar-refractivity contribution in [2.24, 2.45) is 11.8 Å². The fraction of sp³-hybridized carbons (Fsp3) is 0.625. The van der Waals surface area contributed by atoms with Crippen LogP contribution in [-0.2, 0) is 16.4 Å². The Balaban J connectivity index is 1.99. The summed E-state index contributed by atoms with van der Waals surface area (Å²) in [6.07, 6.45) is 2.06. The Morgan fingerprint density at radius 2 is 1.90 bits per heavy atom. The molecule has 1 aromatic carbocycles. The average Bonchev–Trinajstić information content (AvgIpc) is 3.15. The van der Waals surface area contributed by atoms with Gasteiger partial charge in [-0.1, -0.05) is 26.0 Å². The lowest BCUT2D eigenvalue weighted by molar-refractivity contribution is 0.444. The van der Waals surface area contributed by atoms with Gasteiger partial charge in [0.25, 0.3) is 0 Å². The van der Waals surface area contributed by atoms with E-state index < -0.39 is 10.0 Å². The van der Waals surface area contributed by atoms with Crippen molar-refractivity contribution in [2.75, 3.05) is 26.7 Å². The van der Waals surface area contributed by atoms with Crippen LogP contribution < -0.4 is 5.32 Å². The molecule has 2 rings (SSSR count). The molecule has 1 N–H and O–H groups in total. The molecule has 0 aromatic heterocycles. The van der Waals surface area contributed by atoms with Crippen molar-refractivity contribution in [3.8, 4) is 0 Å². The molecule has 1 aliphatic carbocycles. The molecule has 1 fully saturated rings. The van der Waals surface area contributed by atoms with Gasteiger partial charge in [0, 0.05) is 13.6 Å². The first-order valence-electron chi connectivity index (χ1n) is 7.71. The number of rotatable bonds is 8. The minimum absolute atomic E-state index is 0.394. The van der Waals surface area contributed by atoms with Gasteiger partial charge < -0.3 is 5.32 Å². The average molecular weight is 310 g/mol. The summed E-state index contributed by atoms with van der Waals surface area (Å²) >= 11 is 0. The van der Waals surface area contributed by atoms with Crippen LogP contribution in [0.2, 0.25) is 0 Å². The molecule has 1 aromatic rings. The van der Waals surface area contributed by atoms with Crippen LogP contribution in [0.15, 0.2) is 29.2 Å². The van der Waals surface area contributed by atoms with E-state index in [9.17, 15) is 8.42 Å². The lowest BCUT2D eigenvalue weighted by Crippen LogP contribution is -2.29. The molecular formula is C16H26N2O2S. The molecule has 1 saturated carbocycles. The van der Waals surface area contributed by atoms with Crippen molar-refractivity contribution < 1.29 is 8.42 Å². The zero-order valence-electron chi connectivity index (χ0n) is 13.2. The van der Waals surface area contributed by atoms with Gasteiger partial charge in [0.15, 0.2) is 0 Å². The largest absolute Gasteiger partial charge is 0.317 e. The molecule has 0 heterocycles. The first-order valence-corrected chi connectivity index (χ1v) is 9.15. The quantitative estimate of drug-likeness (QED) is 0.748. The number of sulfonamides is 1. The van der Waals surface area contributed by atoms with Crippen LogP contribution in [0.4, 0.5) is 0 Å². The van der Waals surface area contributed by atoms with Crippen LogP contribution in [0.3, 0.4) is 0 Å². The second-order valence-corrected chi connectivity index (χ2v) is 8.05. The molecule has 0 saturated heterocycles. The van der Waals surface area contributed by atoms with E-state index in [1.165, 1.54) is 4.31 Å². The predicted molar refractivity (Wildman–Crippen MR) is 85.8 cm³/mol. The summed E-state index contributed by atoms with van der Waals surface area (Å²) in [7, 11) is -1.66. The van der Waals surface area contributed by atoms with E-state index in [-0.39, 0.29) is 0 Å².